The average Bonchev–Trinajstić information content (AvgIpc) is 4.04. The molecule has 6 aromatic rings. The van der Waals surface area contributed by atoms with Crippen LogP contribution in [0.25, 0.3) is 31.2 Å². The van der Waals surface area contributed by atoms with Crippen LogP contribution in [0.15, 0.2) is 121 Å². The van der Waals surface area contributed by atoms with Crippen molar-refractivity contribution in [2.75, 3.05) is 0 Å². The SMILES string of the molecule is CCC(C)CC.CCc1ccc(OC2CCCC2)cc1.[C-]#[N+]c1ccc2ccc(CC(C)c3ccc(OC4CCCC4)cc3)cc2c1.[C-]#[N+]c1ccc2ccc(CC)cc2c1. The number of rotatable bonds is 11. The number of hydrogen-bond donors (Lipinski definition) is 0. The summed E-state index contributed by atoms with van der Waals surface area (Å²) >= 11 is 0. The van der Waals surface area contributed by atoms with Gasteiger partial charge in [-0.1, -0.05) is 139 Å². The molecule has 2 fully saturated rings. The Labute approximate surface area is 368 Å². The molecule has 1 unspecified atom stereocenters. The van der Waals surface area contributed by atoms with Gasteiger partial charge in [-0.05, 0) is 163 Å². The Balaban J connectivity index is 0.000000175. The predicted octanol–water partition coefficient (Wildman–Crippen LogP) is 17.0. The minimum absolute atomic E-state index is 0.409. The summed E-state index contributed by atoms with van der Waals surface area (Å²) in [7, 11) is 0. The lowest BCUT2D eigenvalue weighted by molar-refractivity contribution is 0.210. The van der Waals surface area contributed by atoms with Gasteiger partial charge >= 0.3 is 0 Å². The van der Waals surface area contributed by atoms with Gasteiger partial charge in [0.2, 0.25) is 0 Å². The Hall–Kier alpha value is -5.58. The van der Waals surface area contributed by atoms with Crippen molar-refractivity contribution in [2.45, 2.75) is 143 Å². The molecule has 2 saturated carbocycles. The summed E-state index contributed by atoms with van der Waals surface area (Å²) < 4.78 is 11.9. The third-order valence-corrected chi connectivity index (χ3v) is 12.4. The lowest BCUT2D eigenvalue weighted by Gasteiger charge is -2.16. The van der Waals surface area contributed by atoms with E-state index in [1.807, 2.05) is 36.4 Å². The molecule has 0 amide bonds. The lowest BCUT2D eigenvalue weighted by atomic mass is 9.92. The molecule has 0 N–H and O–H groups in total. The summed E-state index contributed by atoms with van der Waals surface area (Å²) in [5, 5.41) is 4.70. The van der Waals surface area contributed by atoms with Gasteiger partial charge in [0.05, 0.1) is 25.4 Å². The number of hydrogen-bond acceptors (Lipinski definition) is 2. The third kappa shape index (κ3) is 14.8. The van der Waals surface area contributed by atoms with E-state index >= 15 is 0 Å². The number of ether oxygens (including phenoxy) is 2. The average molecular weight is 813 g/mol. The molecule has 6 aromatic carbocycles. The van der Waals surface area contributed by atoms with Crippen molar-refractivity contribution < 1.29 is 9.47 Å². The smallest absolute Gasteiger partial charge is 0.187 e. The van der Waals surface area contributed by atoms with E-state index in [1.54, 1.807) is 0 Å². The molecule has 0 radical (unpaired) electrons. The Bertz CT molecular complexity index is 2300. The van der Waals surface area contributed by atoms with Crippen LogP contribution in [-0.4, -0.2) is 12.2 Å². The zero-order valence-corrected chi connectivity index (χ0v) is 37.8. The van der Waals surface area contributed by atoms with Gasteiger partial charge in [0.15, 0.2) is 11.4 Å². The molecule has 61 heavy (non-hydrogen) atoms. The van der Waals surface area contributed by atoms with E-state index in [-0.39, 0.29) is 0 Å². The number of benzene rings is 6. The normalized spacial score (nSPS) is 14.1. The van der Waals surface area contributed by atoms with Crippen LogP contribution in [-0.2, 0) is 19.3 Å². The van der Waals surface area contributed by atoms with Crippen molar-refractivity contribution in [2.24, 2.45) is 5.92 Å². The summed E-state index contributed by atoms with van der Waals surface area (Å²) in [6.45, 7) is 27.5. The minimum atomic E-state index is 0.409. The van der Waals surface area contributed by atoms with E-state index < -0.39 is 0 Å². The van der Waals surface area contributed by atoms with Gasteiger partial charge < -0.3 is 9.47 Å². The molecule has 0 heterocycles. The first-order valence-corrected chi connectivity index (χ1v) is 23.1. The van der Waals surface area contributed by atoms with Crippen LogP contribution < -0.4 is 9.47 Å². The van der Waals surface area contributed by atoms with Crippen LogP contribution in [0.3, 0.4) is 0 Å². The fraction of sp³-hybridized carbons (Fsp3) is 0.404. The van der Waals surface area contributed by atoms with Crippen molar-refractivity contribution in [3.8, 4) is 11.5 Å². The summed E-state index contributed by atoms with van der Waals surface area (Å²) in [4.78, 5) is 6.97. The zero-order chi connectivity index (χ0) is 43.4. The molecule has 318 valence electrons. The van der Waals surface area contributed by atoms with E-state index in [0.29, 0.717) is 29.5 Å². The van der Waals surface area contributed by atoms with Gasteiger partial charge in [0, 0.05) is 0 Å². The van der Waals surface area contributed by atoms with E-state index in [4.69, 9.17) is 22.6 Å². The quantitative estimate of drug-likeness (QED) is 0.122. The molecule has 2 aliphatic rings. The second-order valence-corrected chi connectivity index (χ2v) is 17.0. The Morgan fingerprint density at radius 2 is 0.902 bits per heavy atom. The number of nitrogens with zero attached hydrogens (tertiary/aromatic N) is 2. The summed E-state index contributed by atoms with van der Waals surface area (Å²) in [6, 6.07) is 41.8. The highest BCUT2D eigenvalue weighted by Crippen LogP contribution is 2.29. The summed E-state index contributed by atoms with van der Waals surface area (Å²) in [5.41, 5.74) is 6.76. The maximum absolute atomic E-state index is 7.20. The molecule has 0 spiro atoms. The van der Waals surface area contributed by atoms with E-state index in [2.05, 4.69) is 136 Å². The highest BCUT2D eigenvalue weighted by molar-refractivity contribution is 5.87. The first kappa shape index (κ1) is 46.5. The lowest BCUT2D eigenvalue weighted by Crippen LogP contribution is -2.10. The molecule has 4 heteroatoms. The molecular formula is C57H68N2O2. The second-order valence-electron chi connectivity index (χ2n) is 17.0. The first-order chi connectivity index (χ1) is 29.7. The van der Waals surface area contributed by atoms with Crippen LogP contribution in [0, 0.1) is 19.1 Å². The number of aryl methyl sites for hydroxylation is 2. The summed E-state index contributed by atoms with van der Waals surface area (Å²) in [5.74, 6) is 3.40. The molecular weight excluding hydrogens is 745 g/mol. The number of fused-ring (bicyclic) bond motifs is 2. The standard InChI is InChI=1S/C25H25NO.C13H11N.C13H18O.C6H14/c1-18(20-10-13-25(14-11-20)27-24-5-3-4-6-24)15-19-7-8-21-9-12-23(26-2)17-22(21)16-19;1-3-10-4-5-11-6-7-13(14-2)9-12(11)8-10;1-2-11-7-9-13(10-8-11)14-12-5-3-4-6-12;1-4-6(3)5-2/h7-14,16-18,24H,3-6,15H2,1H3;4-9H,3H2,1H3;7-10,12H,2-6H2,1H3;6H,4-5H2,1-3H3. The highest BCUT2D eigenvalue weighted by Gasteiger charge is 2.17. The maximum atomic E-state index is 7.20. The van der Waals surface area contributed by atoms with E-state index in [9.17, 15) is 0 Å². The minimum Gasteiger partial charge on any atom is -0.490 e. The topological polar surface area (TPSA) is 27.2 Å². The molecule has 4 nitrogen and oxygen atoms in total. The van der Waals surface area contributed by atoms with Gasteiger partial charge in [-0.2, -0.15) is 0 Å². The van der Waals surface area contributed by atoms with Gasteiger partial charge in [-0.15, -0.1) is 0 Å². The molecule has 2 aliphatic carbocycles. The van der Waals surface area contributed by atoms with E-state index in [0.717, 1.165) is 47.5 Å². The van der Waals surface area contributed by atoms with Crippen LogP contribution in [0.1, 0.15) is 134 Å². The largest absolute Gasteiger partial charge is 0.490 e. The fourth-order valence-electron chi connectivity index (χ4n) is 7.89. The fourth-order valence-corrected chi connectivity index (χ4v) is 7.89. The molecule has 0 aromatic heterocycles. The maximum Gasteiger partial charge on any atom is 0.187 e. The second kappa shape index (κ2) is 24.6. The van der Waals surface area contributed by atoms with Gasteiger partial charge in [-0.25, -0.2) is 9.69 Å². The van der Waals surface area contributed by atoms with Crippen LogP contribution in [0.5, 0.6) is 11.5 Å². The molecule has 0 saturated heterocycles. The molecule has 0 bridgehead atoms. The van der Waals surface area contributed by atoms with Crippen molar-refractivity contribution >= 4 is 32.9 Å². The first-order valence-electron chi connectivity index (χ1n) is 23.1. The van der Waals surface area contributed by atoms with Crippen molar-refractivity contribution in [3.05, 3.63) is 166 Å². The Kier molecular flexibility index (Phi) is 18.8. The molecule has 0 aliphatic heterocycles. The monoisotopic (exact) mass is 813 g/mol. The van der Waals surface area contributed by atoms with E-state index in [1.165, 1.54) is 97.2 Å². The van der Waals surface area contributed by atoms with Crippen molar-refractivity contribution in [1.82, 2.24) is 0 Å². The third-order valence-electron chi connectivity index (χ3n) is 12.4. The van der Waals surface area contributed by atoms with Crippen molar-refractivity contribution in [3.63, 3.8) is 0 Å². The van der Waals surface area contributed by atoms with Crippen molar-refractivity contribution in [1.29, 1.82) is 0 Å². The van der Waals surface area contributed by atoms with Crippen LogP contribution >= 0.6 is 0 Å². The zero-order valence-electron chi connectivity index (χ0n) is 37.8. The van der Waals surface area contributed by atoms with Crippen LogP contribution in [0.2, 0.25) is 0 Å². The van der Waals surface area contributed by atoms with Gasteiger partial charge in [0.1, 0.15) is 11.5 Å². The van der Waals surface area contributed by atoms with Gasteiger partial charge in [-0.3, -0.25) is 0 Å². The van der Waals surface area contributed by atoms with Crippen LogP contribution in [0.4, 0.5) is 11.4 Å². The highest BCUT2D eigenvalue weighted by atomic mass is 16.5. The Morgan fingerprint density at radius 3 is 1.33 bits per heavy atom. The molecule has 8 rings (SSSR count). The molecule has 1 atom stereocenters. The predicted molar refractivity (Wildman–Crippen MR) is 260 cm³/mol. The summed E-state index contributed by atoms with van der Waals surface area (Å²) in [6.07, 6.45) is 16.8. The van der Waals surface area contributed by atoms with Gasteiger partial charge in [0.25, 0.3) is 0 Å². The Morgan fingerprint density at radius 1 is 0.492 bits per heavy atom.